The average molecular weight is 257 g/mol. The zero-order valence-corrected chi connectivity index (χ0v) is 9.43. The fourth-order valence-electron chi connectivity index (χ4n) is 1.13. The van der Waals surface area contributed by atoms with Crippen molar-refractivity contribution in [3.8, 4) is 11.4 Å². The first kappa shape index (κ1) is 9.32. The molecule has 0 N–H and O–H groups in total. The van der Waals surface area contributed by atoms with Crippen LogP contribution in [0.4, 0.5) is 0 Å². The molecule has 74 valence electrons. The van der Waals surface area contributed by atoms with E-state index in [0.29, 0.717) is 5.82 Å². The first-order valence-corrected chi connectivity index (χ1v) is 4.97. The van der Waals surface area contributed by atoms with E-state index >= 15 is 0 Å². The van der Waals surface area contributed by atoms with E-state index in [-0.39, 0.29) is 0 Å². The van der Waals surface area contributed by atoms with Gasteiger partial charge in [-0.15, -0.1) is 10.2 Å². The summed E-state index contributed by atoms with van der Waals surface area (Å²) in [5.41, 5.74) is 0.861. The highest BCUT2D eigenvalue weighted by molar-refractivity contribution is 9.10. The summed E-state index contributed by atoms with van der Waals surface area (Å²) < 4.78 is 2.71. The van der Waals surface area contributed by atoms with Crippen molar-refractivity contribution >= 4 is 15.9 Å². The molecule has 0 aliphatic carbocycles. The summed E-state index contributed by atoms with van der Waals surface area (Å²) in [6, 6.07) is 0. The van der Waals surface area contributed by atoms with Crippen LogP contribution in [0, 0.1) is 0 Å². The molecule has 7 heteroatoms. The molecule has 0 unspecified atom stereocenters. The molecule has 0 fully saturated rings. The first-order chi connectivity index (χ1) is 6.72. The van der Waals surface area contributed by atoms with E-state index in [2.05, 4.69) is 36.4 Å². The zero-order valence-electron chi connectivity index (χ0n) is 7.85. The summed E-state index contributed by atoms with van der Waals surface area (Å²) >= 11 is 3.44. The Hall–Kier alpha value is -1.24. The number of rotatable bonds is 2. The third-order valence-corrected chi connectivity index (χ3v) is 2.66. The molecule has 6 nitrogen and oxygen atoms in total. The molecule has 14 heavy (non-hydrogen) atoms. The summed E-state index contributed by atoms with van der Waals surface area (Å²) in [5, 5.41) is 16.0. The van der Waals surface area contributed by atoms with Gasteiger partial charge in [-0.1, -0.05) is 0 Å². The van der Waals surface area contributed by atoms with Crippen LogP contribution in [-0.4, -0.2) is 30.0 Å². The van der Waals surface area contributed by atoms with Gasteiger partial charge in [-0.2, -0.15) is 9.90 Å². The lowest BCUT2D eigenvalue weighted by atomic mass is 10.3. The van der Waals surface area contributed by atoms with Gasteiger partial charge in [0.25, 0.3) is 0 Å². The molecule has 2 rings (SSSR count). The lowest BCUT2D eigenvalue weighted by molar-refractivity contribution is 0.630. The van der Waals surface area contributed by atoms with Crippen LogP contribution in [0.15, 0.2) is 10.8 Å². The average Bonchev–Trinajstić information content (AvgIpc) is 2.72. The highest BCUT2D eigenvalue weighted by Gasteiger charge is 2.13. The molecule has 0 aliphatic heterocycles. The largest absolute Gasteiger partial charge is 0.258 e. The smallest absolute Gasteiger partial charge is 0.209 e. The van der Waals surface area contributed by atoms with Crippen molar-refractivity contribution in [1.82, 2.24) is 30.0 Å². The number of tetrazole rings is 1. The van der Waals surface area contributed by atoms with E-state index in [1.54, 1.807) is 13.2 Å². The van der Waals surface area contributed by atoms with Crippen LogP contribution in [0.3, 0.4) is 0 Å². The normalized spacial score (nSPS) is 10.8. The van der Waals surface area contributed by atoms with Gasteiger partial charge >= 0.3 is 0 Å². The Morgan fingerprint density at radius 1 is 1.50 bits per heavy atom. The van der Waals surface area contributed by atoms with Gasteiger partial charge in [-0.3, -0.25) is 4.68 Å². The van der Waals surface area contributed by atoms with Gasteiger partial charge in [0, 0.05) is 6.54 Å². The summed E-state index contributed by atoms with van der Waals surface area (Å²) in [6.07, 6.45) is 1.73. The predicted molar refractivity (Wildman–Crippen MR) is 53.4 cm³/mol. The number of aryl methyl sites for hydroxylation is 2. The Morgan fingerprint density at radius 3 is 2.79 bits per heavy atom. The van der Waals surface area contributed by atoms with Crippen molar-refractivity contribution in [1.29, 1.82) is 0 Å². The van der Waals surface area contributed by atoms with E-state index in [0.717, 1.165) is 16.7 Å². The molecule has 0 atom stereocenters. The molecule has 0 saturated heterocycles. The maximum Gasteiger partial charge on any atom is 0.209 e. The summed E-state index contributed by atoms with van der Waals surface area (Å²) in [5.74, 6) is 0.582. The minimum atomic E-state index is 0.582. The van der Waals surface area contributed by atoms with Crippen molar-refractivity contribution in [3.05, 3.63) is 10.8 Å². The number of hydrogen-bond acceptors (Lipinski definition) is 4. The van der Waals surface area contributed by atoms with Gasteiger partial charge in [-0.05, 0) is 28.1 Å². The molecular formula is C7H9BrN6. The van der Waals surface area contributed by atoms with Gasteiger partial charge in [0.1, 0.15) is 4.60 Å². The lowest BCUT2D eigenvalue weighted by Crippen LogP contribution is -1.95. The second-order valence-electron chi connectivity index (χ2n) is 2.77. The van der Waals surface area contributed by atoms with Gasteiger partial charge in [-0.25, -0.2) is 0 Å². The van der Waals surface area contributed by atoms with Crippen molar-refractivity contribution in [2.75, 3.05) is 0 Å². The van der Waals surface area contributed by atoms with Crippen LogP contribution in [-0.2, 0) is 13.6 Å². The summed E-state index contributed by atoms with van der Waals surface area (Å²) in [4.78, 5) is 1.42. The van der Waals surface area contributed by atoms with E-state index in [4.69, 9.17) is 0 Å². The summed E-state index contributed by atoms with van der Waals surface area (Å²) in [6.45, 7) is 2.83. The maximum absolute atomic E-state index is 4.17. The molecule has 2 heterocycles. The van der Waals surface area contributed by atoms with Crippen molar-refractivity contribution in [3.63, 3.8) is 0 Å². The van der Waals surface area contributed by atoms with E-state index in [9.17, 15) is 0 Å². The Labute approximate surface area is 89.0 Å². The molecule has 0 amide bonds. The standard InChI is InChI=1S/C7H9BrN6/c1-3-14-6(8)5(4-9-14)7-10-12-13(2)11-7/h4H,3H2,1-2H3. The molecule has 0 radical (unpaired) electrons. The van der Waals surface area contributed by atoms with Crippen molar-refractivity contribution in [2.24, 2.45) is 7.05 Å². The second-order valence-corrected chi connectivity index (χ2v) is 3.52. The minimum Gasteiger partial charge on any atom is -0.258 e. The topological polar surface area (TPSA) is 61.4 Å². The Balaban J connectivity index is 2.46. The Bertz CT molecular complexity index is 445. The van der Waals surface area contributed by atoms with Gasteiger partial charge in [0.05, 0.1) is 18.8 Å². The molecule has 2 aromatic heterocycles. The highest BCUT2D eigenvalue weighted by atomic mass is 79.9. The third-order valence-electron chi connectivity index (χ3n) is 1.82. The molecular weight excluding hydrogens is 248 g/mol. The fraction of sp³-hybridized carbons (Fsp3) is 0.429. The fourth-order valence-corrected chi connectivity index (χ4v) is 1.75. The van der Waals surface area contributed by atoms with E-state index in [1.807, 2.05) is 11.6 Å². The molecule has 0 aliphatic rings. The van der Waals surface area contributed by atoms with Crippen molar-refractivity contribution < 1.29 is 0 Å². The van der Waals surface area contributed by atoms with E-state index < -0.39 is 0 Å². The second kappa shape index (κ2) is 3.49. The predicted octanol–water partition coefficient (Wildman–Crippen LogP) is 0.856. The Morgan fingerprint density at radius 2 is 2.29 bits per heavy atom. The van der Waals surface area contributed by atoms with Gasteiger partial charge in [0.2, 0.25) is 5.82 Å². The van der Waals surface area contributed by atoms with E-state index in [1.165, 1.54) is 4.80 Å². The molecule has 0 saturated carbocycles. The number of halogens is 1. The number of aromatic nitrogens is 6. The van der Waals surface area contributed by atoms with Crippen LogP contribution < -0.4 is 0 Å². The van der Waals surface area contributed by atoms with Gasteiger partial charge < -0.3 is 0 Å². The molecule has 0 bridgehead atoms. The van der Waals surface area contributed by atoms with Crippen LogP contribution in [0.5, 0.6) is 0 Å². The maximum atomic E-state index is 4.17. The summed E-state index contributed by atoms with van der Waals surface area (Å²) in [7, 11) is 1.73. The number of nitrogens with zero attached hydrogens (tertiary/aromatic N) is 6. The minimum absolute atomic E-state index is 0.582. The van der Waals surface area contributed by atoms with Crippen LogP contribution in [0.25, 0.3) is 11.4 Å². The zero-order chi connectivity index (χ0) is 10.1. The molecule has 0 spiro atoms. The molecule has 2 aromatic rings. The van der Waals surface area contributed by atoms with Crippen molar-refractivity contribution in [2.45, 2.75) is 13.5 Å². The van der Waals surface area contributed by atoms with Crippen LogP contribution in [0.2, 0.25) is 0 Å². The highest BCUT2D eigenvalue weighted by Crippen LogP contribution is 2.24. The first-order valence-electron chi connectivity index (χ1n) is 4.18. The monoisotopic (exact) mass is 256 g/mol. The Kier molecular flexibility index (Phi) is 2.32. The quantitative estimate of drug-likeness (QED) is 0.800. The molecule has 0 aromatic carbocycles. The van der Waals surface area contributed by atoms with Crippen LogP contribution in [0.1, 0.15) is 6.92 Å². The lowest BCUT2D eigenvalue weighted by Gasteiger charge is -1.96. The van der Waals surface area contributed by atoms with Gasteiger partial charge in [0.15, 0.2) is 0 Å². The third kappa shape index (κ3) is 1.43. The van der Waals surface area contributed by atoms with Crippen LogP contribution >= 0.6 is 15.9 Å². The number of hydrogen-bond donors (Lipinski definition) is 0. The SMILES string of the molecule is CCn1ncc(-c2nnn(C)n2)c1Br.